The first-order chi connectivity index (χ1) is 15.3. The molecule has 0 spiro atoms. The van der Waals surface area contributed by atoms with Crippen LogP contribution in [0.5, 0.6) is 0 Å². The summed E-state index contributed by atoms with van der Waals surface area (Å²) >= 11 is 0. The van der Waals surface area contributed by atoms with E-state index in [1.54, 1.807) is 0 Å². The van der Waals surface area contributed by atoms with Gasteiger partial charge in [0.1, 0.15) is 0 Å². The van der Waals surface area contributed by atoms with Crippen molar-refractivity contribution in [3.8, 4) is 11.4 Å². The largest absolute Gasteiger partial charge is 0.236 e. The molecule has 170 valence electrons. The molecule has 1 aliphatic rings. The van der Waals surface area contributed by atoms with Gasteiger partial charge in [-0.15, -0.1) is 0 Å². The minimum absolute atomic E-state index is 0.856. The zero-order valence-electron chi connectivity index (χ0n) is 20.1. The highest BCUT2D eigenvalue weighted by atomic mass is 14.9. The molecule has 0 bridgehead atoms. The molecule has 1 aliphatic carbocycles. The Kier molecular flexibility index (Phi) is 10.6. The predicted molar refractivity (Wildman–Crippen MR) is 133 cm³/mol. The molecule has 1 heterocycles. The average molecular weight is 421 g/mol. The zero-order valence-corrected chi connectivity index (χ0v) is 20.1. The molecule has 1 aromatic heterocycles. The molecule has 0 saturated heterocycles. The van der Waals surface area contributed by atoms with E-state index in [1.165, 1.54) is 101 Å². The SMILES string of the molecule is CCCCCCCc1ccc(-c2ncc(CCC3CCC(CCCC)CC3)cn2)cc1. The Hall–Kier alpha value is -1.70. The lowest BCUT2D eigenvalue weighted by Gasteiger charge is -2.28. The summed E-state index contributed by atoms with van der Waals surface area (Å²) in [5.41, 5.74) is 3.86. The van der Waals surface area contributed by atoms with E-state index in [1.807, 2.05) is 0 Å². The first kappa shape index (κ1) is 24.0. The van der Waals surface area contributed by atoms with Gasteiger partial charge in [0, 0.05) is 18.0 Å². The van der Waals surface area contributed by atoms with Crippen LogP contribution in [0.15, 0.2) is 36.7 Å². The highest BCUT2D eigenvalue weighted by Crippen LogP contribution is 2.34. The van der Waals surface area contributed by atoms with Crippen LogP contribution in [0, 0.1) is 11.8 Å². The molecular formula is C29H44N2. The van der Waals surface area contributed by atoms with Gasteiger partial charge in [-0.3, -0.25) is 0 Å². The van der Waals surface area contributed by atoms with E-state index >= 15 is 0 Å². The average Bonchev–Trinajstić information content (AvgIpc) is 2.83. The van der Waals surface area contributed by atoms with Gasteiger partial charge in [-0.25, -0.2) is 9.97 Å². The topological polar surface area (TPSA) is 25.8 Å². The third-order valence-electron chi connectivity index (χ3n) is 7.26. The second-order valence-electron chi connectivity index (χ2n) is 9.84. The van der Waals surface area contributed by atoms with E-state index in [9.17, 15) is 0 Å². The summed E-state index contributed by atoms with van der Waals surface area (Å²) in [6.45, 7) is 4.58. The maximum absolute atomic E-state index is 4.67. The van der Waals surface area contributed by atoms with Gasteiger partial charge in [-0.2, -0.15) is 0 Å². The van der Waals surface area contributed by atoms with Crippen molar-refractivity contribution in [1.82, 2.24) is 9.97 Å². The maximum atomic E-state index is 4.67. The molecule has 2 heteroatoms. The molecule has 2 nitrogen and oxygen atoms in total. The Bertz CT molecular complexity index is 711. The van der Waals surface area contributed by atoms with E-state index in [-0.39, 0.29) is 0 Å². The highest BCUT2D eigenvalue weighted by Gasteiger charge is 2.20. The lowest BCUT2D eigenvalue weighted by atomic mass is 9.78. The van der Waals surface area contributed by atoms with Crippen molar-refractivity contribution in [3.05, 3.63) is 47.8 Å². The molecule has 1 saturated carbocycles. The monoisotopic (exact) mass is 420 g/mol. The fourth-order valence-corrected chi connectivity index (χ4v) is 5.06. The molecule has 0 radical (unpaired) electrons. The molecule has 0 amide bonds. The first-order valence-electron chi connectivity index (χ1n) is 13.2. The number of aromatic nitrogens is 2. The van der Waals surface area contributed by atoms with Crippen molar-refractivity contribution >= 4 is 0 Å². The summed E-state index contributed by atoms with van der Waals surface area (Å²) in [4.78, 5) is 9.35. The van der Waals surface area contributed by atoms with Crippen molar-refractivity contribution in [3.63, 3.8) is 0 Å². The fourth-order valence-electron chi connectivity index (χ4n) is 5.06. The van der Waals surface area contributed by atoms with Crippen LogP contribution in [-0.2, 0) is 12.8 Å². The Morgan fingerprint density at radius 3 is 1.90 bits per heavy atom. The van der Waals surface area contributed by atoms with Crippen molar-refractivity contribution in [2.75, 3.05) is 0 Å². The van der Waals surface area contributed by atoms with E-state index in [0.717, 1.165) is 29.6 Å². The van der Waals surface area contributed by atoms with Crippen LogP contribution in [-0.4, -0.2) is 9.97 Å². The van der Waals surface area contributed by atoms with E-state index in [4.69, 9.17) is 0 Å². The summed E-state index contributed by atoms with van der Waals surface area (Å²) in [5.74, 6) is 2.77. The molecule has 31 heavy (non-hydrogen) atoms. The van der Waals surface area contributed by atoms with Gasteiger partial charge < -0.3 is 0 Å². The van der Waals surface area contributed by atoms with Crippen molar-refractivity contribution in [2.24, 2.45) is 11.8 Å². The first-order valence-corrected chi connectivity index (χ1v) is 13.2. The summed E-state index contributed by atoms with van der Waals surface area (Å²) in [5, 5.41) is 0. The van der Waals surface area contributed by atoms with Gasteiger partial charge in [-0.1, -0.05) is 109 Å². The number of aryl methyl sites for hydroxylation is 2. The second-order valence-corrected chi connectivity index (χ2v) is 9.84. The van der Waals surface area contributed by atoms with Gasteiger partial charge in [0.25, 0.3) is 0 Å². The Morgan fingerprint density at radius 2 is 1.26 bits per heavy atom. The Morgan fingerprint density at radius 1 is 0.645 bits per heavy atom. The number of benzene rings is 1. The summed E-state index contributed by atoms with van der Waals surface area (Å²) in [6, 6.07) is 8.88. The third-order valence-corrected chi connectivity index (χ3v) is 7.26. The molecular weight excluding hydrogens is 376 g/mol. The third kappa shape index (κ3) is 8.39. The molecule has 0 N–H and O–H groups in total. The van der Waals surface area contributed by atoms with Gasteiger partial charge in [0.05, 0.1) is 0 Å². The van der Waals surface area contributed by atoms with Crippen LogP contribution in [0.4, 0.5) is 0 Å². The van der Waals surface area contributed by atoms with Crippen LogP contribution in [0.3, 0.4) is 0 Å². The molecule has 3 rings (SSSR count). The van der Waals surface area contributed by atoms with Crippen molar-refractivity contribution in [1.29, 1.82) is 0 Å². The second kappa shape index (κ2) is 13.7. The summed E-state index contributed by atoms with van der Waals surface area (Å²) < 4.78 is 0. The minimum Gasteiger partial charge on any atom is -0.236 e. The van der Waals surface area contributed by atoms with Crippen LogP contribution in [0.2, 0.25) is 0 Å². The standard InChI is InChI=1S/C29H44N2/c1-3-5-7-8-9-11-25-18-20-28(21-19-25)29-30-22-27(23-31-29)17-16-26-14-12-24(13-15-26)10-6-4-2/h18-24,26H,3-17H2,1-2H3. The highest BCUT2D eigenvalue weighted by molar-refractivity contribution is 5.55. The number of hydrogen-bond donors (Lipinski definition) is 0. The Labute approximate surface area is 191 Å². The van der Waals surface area contributed by atoms with Crippen molar-refractivity contribution in [2.45, 2.75) is 110 Å². The quantitative estimate of drug-likeness (QED) is 0.303. The predicted octanol–water partition coefficient (Wildman–Crippen LogP) is 8.59. The van der Waals surface area contributed by atoms with E-state index in [0.29, 0.717) is 0 Å². The number of hydrogen-bond acceptors (Lipinski definition) is 2. The molecule has 0 unspecified atom stereocenters. The fraction of sp³-hybridized carbons (Fsp3) is 0.655. The van der Waals surface area contributed by atoms with Gasteiger partial charge in [-0.05, 0) is 48.6 Å². The van der Waals surface area contributed by atoms with E-state index < -0.39 is 0 Å². The molecule has 0 atom stereocenters. The number of rotatable bonds is 13. The van der Waals surface area contributed by atoms with Gasteiger partial charge >= 0.3 is 0 Å². The van der Waals surface area contributed by atoms with Gasteiger partial charge in [0.2, 0.25) is 0 Å². The molecule has 2 aromatic rings. The summed E-state index contributed by atoms with van der Waals surface area (Å²) in [7, 11) is 0. The Balaban J connectivity index is 1.40. The molecule has 1 aromatic carbocycles. The molecule has 1 fully saturated rings. The van der Waals surface area contributed by atoms with Crippen LogP contribution in [0.25, 0.3) is 11.4 Å². The van der Waals surface area contributed by atoms with E-state index in [2.05, 4.69) is 60.5 Å². The lowest BCUT2D eigenvalue weighted by molar-refractivity contribution is 0.250. The lowest BCUT2D eigenvalue weighted by Crippen LogP contribution is -2.15. The van der Waals surface area contributed by atoms with Crippen LogP contribution in [0.1, 0.15) is 108 Å². The maximum Gasteiger partial charge on any atom is 0.159 e. The molecule has 0 aliphatic heterocycles. The smallest absolute Gasteiger partial charge is 0.159 e. The number of unbranched alkanes of at least 4 members (excludes halogenated alkanes) is 5. The van der Waals surface area contributed by atoms with Crippen LogP contribution >= 0.6 is 0 Å². The van der Waals surface area contributed by atoms with Crippen LogP contribution < -0.4 is 0 Å². The zero-order chi connectivity index (χ0) is 21.7. The van der Waals surface area contributed by atoms with Gasteiger partial charge in [0.15, 0.2) is 5.82 Å². The number of nitrogens with zero attached hydrogens (tertiary/aromatic N) is 2. The summed E-state index contributed by atoms with van der Waals surface area (Å²) in [6.07, 6.45) is 24.4. The van der Waals surface area contributed by atoms with Crippen molar-refractivity contribution < 1.29 is 0 Å². The normalized spacial score (nSPS) is 18.9. The minimum atomic E-state index is 0.856.